The first-order valence-corrected chi connectivity index (χ1v) is 12.3. The Bertz CT molecular complexity index is 1370. The summed E-state index contributed by atoms with van der Waals surface area (Å²) in [6, 6.07) is 12.1. The monoisotopic (exact) mass is 676 g/mol. The smallest absolute Gasteiger partial charge is 0.475 e. The van der Waals surface area contributed by atoms with Crippen LogP contribution >= 0.6 is 0 Å². The van der Waals surface area contributed by atoms with Crippen molar-refractivity contribution < 1.29 is 69.2 Å². The molecule has 12 nitrogen and oxygen atoms in total. The second-order valence-electron chi connectivity index (χ2n) is 8.80. The molecule has 0 aromatic carbocycles. The molecule has 4 rings (SSSR count). The summed E-state index contributed by atoms with van der Waals surface area (Å²) >= 11 is 0. The third kappa shape index (κ3) is 15.2. The summed E-state index contributed by atoms with van der Waals surface area (Å²) in [7, 11) is 0. The molecule has 0 unspecified atom stereocenters. The average Bonchev–Trinajstić information content (AvgIpc) is 3.34. The lowest BCUT2D eigenvalue weighted by Gasteiger charge is -2.27. The fourth-order valence-electron chi connectivity index (χ4n) is 3.15. The molecule has 0 aliphatic carbocycles. The fourth-order valence-corrected chi connectivity index (χ4v) is 3.15. The number of aryl methyl sites for hydroxylation is 1. The number of hydrogen-bond donors (Lipinski definition) is 4. The van der Waals surface area contributed by atoms with Crippen molar-refractivity contribution in [2.75, 3.05) is 11.9 Å². The van der Waals surface area contributed by atoms with Crippen LogP contribution in [-0.4, -0.2) is 82.7 Å². The molecule has 3 aromatic rings. The van der Waals surface area contributed by atoms with Gasteiger partial charge in [-0.15, -0.1) is 0 Å². The average molecular weight is 676 g/mol. The molecule has 254 valence electrons. The van der Waals surface area contributed by atoms with E-state index >= 15 is 0 Å². The number of pyridine rings is 2. The largest absolute Gasteiger partial charge is 0.490 e. The molecule has 0 saturated heterocycles. The maximum Gasteiger partial charge on any atom is 0.490 e. The van der Waals surface area contributed by atoms with Gasteiger partial charge in [0.05, 0.1) is 24.5 Å². The number of carboxylic acid groups (broad SMARTS) is 3. The van der Waals surface area contributed by atoms with Crippen LogP contribution in [0.1, 0.15) is 22.9 Å². The van der Waals surface area contributed by atoms with Crippen molar-refractivity contribution in [3.63, 3.8) is 0 Å². The number of anilines is 1. The molecule has 0 amide bonds. The van der Waals surface area contributed by atoms with Gasteiger partial charge in [-0.2, -0.15) is 39.5 Å². The van der Waals surface area contributed by atoms with Gasteiger partial charge in [0.15, 0.2) is 0 Å². The van der Waals surface area contributed by atoms with E-state index in [4.69, 9.17) is 34.7 Å². The van der Waals surface area contributed by atoms with E-state index in [1.165, 1.54) is 0 Å². The minimum atomic E-state index is -5.08. The normalized spacial score (nSPS) is 12.9. The van der Waals surface area contributed by atoms with E-state index in [-0.39, 0.29) is 0 Å². The van der Waals surface area contributed by atoms with Gasteiger partial charge in [-0.1, -0.05) is 12.1 Å². The van der Waals surface area contributed by atoms with Crippen LogP contribution in [0.2, 0.25) is 0 Å². The first-order valence-electron chi connectivity index (χ1n) is 12.3. The van der Waals surface area contributed by atoms with E-state index in [0.29, 0.717) is 6.54 Å². The van der Waals surface area contributed by atoms with Gasteiger partial charge in [-0.05, 0) is 31.2 Å². The maximum absolute atomic E-state index is 10.6. The second-order valence-corrected chi connectivity index (χ2v) is 8.80. The molecule has 4 heterocycles. The lowest BCUT2D eigenvalue weighted by Crippen LogP contribution is -2.33. The van der Waals surface area contributed by atoms with Crippen LogP contribution in [0.15, 0.2) is 48.8 Å². The van der Waals surface area contributed by atoms with Gasteiger partial charge in [-0.25, -0.2) is 24.4 Å². The number of alkyl halides is 9. The third-order valence-electron chi connectivity index (χ3n) is 5.11. The van der Waals surface area contributed by atoms with Crippen molar-refractivity contribution in [1.82, 2.24) is 24.4 Å². The molecule has 0 spiro atoms. The molecule has 21 heteroatoms. The minimum absolute atomic E-state index is 0.691. The molecule has 46 heavy (non-hydrogen) atoms. The van der Waals surface area contributed by atoms with E-state index in [1.54, 1.807) is 6.20 Å². The van der Waals surface area contributed by atoms with E-state index in [9.17, 15) is 39.5 Å². The number of carbonyl (C=O) groups is 3. The van der Waals surface area contributed by atoms with Crippen LogP contribution in [0.25, 0.3) is 0 Å². The van der Waals surface area contributed by atoms with Gasteiger partial charge in [0, 0.05) is 37.7 Å². The van der Waals surface area contributed by atoms with Gasteiger partial charge in [0.1, 0.15) is 11.6 Å². The molecule has 1 aliphatic rings. The molecule has 3 aromatic heterocycles. The predicted molar refractivity (Wildman–Crippen MR) is 138 cm³/mol. The highest BCUT2D eigenvalue weighted by Gasteiger charge is 2.39. The third-order valence-corrected chi connectivity index (χ3v) is 5.11. The van der Waals surface area contributed by atoms with Crippen molar-refractivity contribution in [2.45, 2.75) is 51.6 Å². The molecule has 4 N–H and O–H groups in total. The highest BCUT2D eigenvalue weighted by Crippen LogP contribution is 2.17. The lowest BCUT2D eigenvalue weighted by atomic mass is 10.2. The van der Waals surface area contributed by atoms with Crippen LogP contribution in [0.5, 0.6) is 0 Å². The second kappa shape index (κ2) is 16.9. The fraction of sp³-hybridized carbons (Fsp3) is 0.360. The minimum Gasteiger partial charge on any atom is -0.475 e. The van der Waals surface area contributed by atoms with Crippen molar-refractivity contribution in [3.8, 4) is 0 Å². The zero-order valence-electron chi connectivity index (χ0n) is 23.4. The number of imidazole rings is 1. The Kier molecular flexibility index (Phi) is 14.4. The summed E-state index contributed by atoms with van der Waals surface area (Å²) < 4.78 is 97.5. The Morgan fingerprint density at radius 1 is 0.783 bits per heavy atom. The summed E-state index contributed by atoms with van der Waals surface area (Å²) in [6.45, 7) is 6.45. The highest BCUT2D eigenvalue weighted by atomic mass is 19.4. The van der Waals surface area contributed by atoms with Crippen LogP contribution < -0.4 is 5.32 Å². The SMILES string of the molecule is Cc1cccc(CN2CCn3cc(CNc4ccccn4)nc3C2)n1.O=C(O)C(F)(F)F.O=C(O)C(F)(F)F.O=C(O)C(F)(F)F. The first kappa shape index (κ1) is 39.1. The van der Waals surface area contributed by atoms with Crippen LogP contribution in [-0.2, 0) is 40.6 Å². The Morgan fingerprint density at radius 2 is 1.33 bits per heavy atom. The zero-order valence-corrected chi connectivity index (χ0v) is 23.4. The Balaban J connectivity index is 0.000000413. The number of fused-ring (bicyclic) bond motifs is 1. The van der Waals surface area contributed by atoms with Crippen molar-refractivity contribution >= 4 is 23.7 Å². The molecular weight excluding hydrogens is 651 g/mol. The molecule has 0 saturated carbocycles. The van der Waals surface area contributed by atoms with Crippen LogP contribution in [0, 0.1) is 6.92 Å². The molecule has 0 bridgehead atoms. The Hall–Kier alpha value is -4.95. The van der Waals surface area contributed by atoms with Gasteiger partial charge < -0.3 is 25.2 Å². The van der Waals surface area contributed by atoms with Crippen LogP contribution in [0.4, 0.5) is 45.3 Å². The molecule has 0 fully saturated rings. The maximum atomic E-state index is 10.6. The van der Waals surface area contributed by atoms with Gasteiger partial charge in [0.2, 0.25) is 0 Å². The van der Waals surface area contributed by atoms with Crippen molar-refractivity contribution in [2.24, 2.45) is 0 Å². The van der Waals surface area contributed by atoms with Gasteiger partial charge >= 0.3 is 36.4 Å². The quantitative estimate of drug-likeness (QED) is 0.281. The molecule has 0 atom stereocenters. The highest BCUT2D eigenvalue weighted by molar-refractivity contribution is 5.73. The predicted octanol–water partition coefficient (Wildman–Crippen LogP) is 4.51. The van der Waals surface area contributed by atoms with E-state index in [0.717, 1.165) is 54.9 Å². The summed E-state index contributed by atoms with van der Waals surface area (Å²) in [6.07, 6.45) is -11.3. The number of halogens is 9. The molecule has 0 radical (unpaired) electrons. The van der Waals surface area contributed by atoms with Crippen LogP contribution in [0.3, 0.4) is 0 Å². The first-order chi connectivity index (χ1) is 21.1. The van der Waals surface area contributed by atoms with E-state index < -0.39 is 36.4 Å². The summed E-state index contributed by atoms with van der Waals surface area (Å²) in [4.78, 5) is 42.8. The van der Waals surface area contributed by atoms with Crippen molar-refractivity contribution in [3.05, 3.63) is 71.7 Å². The van der Waals surface area contributed by atoms with Crippen molar-refractivity contribution in [1.29, 1.82) is 0 Å². The molecule has 1 aliphatic heterocycles. The van der Waals surface area contributed by atoms with E-state index in [1.807, 2.05) is 31.2 Å². The lowest BCUT2D eigenvalue weighted by molar-refractivity contribution is -0.193. The number of aromatic nitrogens is 4. The Labute approximate surface area is 253 Å². The number of hydrogen-bond acceptors (Lipinski definition) is 8. The summed E-state index contributed by atoms with van der Waals surface area (Å²) in [5, 5.41) is 24.7. The standard InChI is InChI=1S/C19H22N6.3C2HF3O2/c1-15-5-4-6-16(22-15)12-24-9-10-25-13-17(23-19(25)14-24)11-21-18-7-2-3-8-20-18;3*3-2(4,5)1(6)7/h2-8,13H,9-12,14H2,1H3,(H,20,21);3*(H,6,7). The number of nitrogens with one attached hydrogen (secondary N) is 1. The molecular formula is C25H25F9N6O6. The van der Waals surface area contributed by atoms with Gasteiger partial charge in [0.25, 0.3) is 0 Å². The topological polar surface area (TPSA) is 171 Å². The number of carboxylic acids is 3. The number of rotatable bonds is 5. The number of aliphatic carboxylic acids is 3. The Morgan fingerprint density at radius 3 is 1.78 bits per heavy atom. The zero-order chi connectivity index (χ0) is 35.3. The summed E-state index contributed by atoms with van der Waals surface area (Å²) in [5.41, 5.74) is 3.24. The van der Waals surface area contributed by atoms with Gasteiger partial charge in [-0.3, -0.25) is 9.88 Å². The van der Waals surface area contributed by atoms with E-state index in [2.05, 4.69) is 43.1 Å². The summed E-state index contributed by atoms with van der Waals surface area (Å²) in [5.74, 6) is -6.27. The number of nitrogens with zero attached hydrogens (tertiary/aromatic N) is 5.